The van der Waals surface area contributed by atoms with Crippen LogP contribution in [-0.4, -0.2) is 35.5 Å². The van der Waals surface area contributed by atoms with Crippen LogP contribution in [0.5, 0.6) is 5.88 Å². The van der Waals surface area contributed by atoms with Crippen molar-refractivity contribution in [2.45, 2.75) is 58.0 Å². The monoisotopic (exact) mass is 509 g/mol. The Kier molecular flexibility index (Phi) is 10.1. The minimum absolute atomic E-state index is 0.0104. The summed E-state index contributed by atoms with van der Waals surface area (Å²) in [6, 6.07) is 6.84. The summed E-state index contributed by atoms with van der Waals surface area (Å²) in [4.78, 5) is 32.6. The lowest BCUT2D eigenvalue weighted by molar-refractivity contribution is -0.127. The molecule has 1 aliphatic carbocycles. The molecule has 0 radical (unpaired) electrons. The van der Waals surface area contributed by atoms with Crippen molar-refractivity contribution < 1.29 is 23.1 Å². The van der Waals surface area contributed by atoms with Gasteiger partial charge < -0.3 is 10.1 Å². The number of ether oxygens (including phenoxy) is 1. The maximum absolute atomic E-state index is 14.3. The second-order valence-electron chi connectivity index (χ2n) is 8.94. The number of benzene rings is 1. The highest BCUT2D eigenvalue weighted by molar-refractivity contribution is 6.03. The Balaban J connectivity index is 2.05. The Morgan fingerprint density at radius 3 is 2.57 bits per heavy atom. The highest BCUT2D eigenvalue weighted by Gasteiger charge is 2.35. The van der Waals surface area contributed by atoms with Crippen molar-refractivity contribution in [2.75, 3.05) is 11.5 Å². The molecule has 0 aliphatic heterocycles. The van der Waals surface area contributed by atoms with Crippen molar-refractivity contribution in [1.82, 2.24) is 10.3 Å². The largest absolute Gasteiger partial charge is 0.468 e. The van der Waals surface area contributed by atoms with E-state index in [0.29, 0.717) is 11.1 Å². The molecule has 3 rings (SSSR count). The molecule has 1 N–H and O–H groups in total. The normalized spacial score (nSPS) is 15.6. The van der Waals surface area contributed by atoms with Gasteiger partial charge in [-0.05, 0) is 62.1 Å². The molecule has 8 heteroatoms. The number of hydrogen-bond acceptors (Lipinski definition) is 4. The minimum atomic E-state index is -1.12. The molecule has 6 nitrogen and oxygen atoms in total. The first-order valence-corrected chi connectivity index (χ1v) is 12.4. The fourth-order valence-electron chi connectivity index (χ4n) is 4.38. The maximum atomic E-state index is 14.3. The summed E-state index contributed by atoms with van der Waals surface area (Å²) in [5.41, 5.74) is 1.43. The number of carbonyl (C=O) groups excluding carboxylic acids is 2. The quantitative estimate of drug-likeness (QED) is 0.419. The Morgan fingerprint density at radius 1 is 1.19 bits per heavy atom. The third-order valence-corrected chi connectivity index (χ3v) is 6.26. The molecule has 1 aliphatic rings. The van der Waals surface area contributed by atoms with Gasteiger partial charge in [0.1, 0.15) is 17.7 Å². The Bertz CT molecular complexity index is 1160. The van der Waals surface area contributed by atoms with Gasteiger partial charge in [-0.1, -0.05) is 50.1 Å². The molecule has 1 fully saturated rings. The van der Waals surface area contributed by atoms with Crippen LogP contribution in [0.25, 0.3) is 0 Å². The minimum Gasteiger partial charge on any atom is -0.468 e. The number of pyridine rings is 1. The maximum Gasteiger partial charge on any atom is 0.265 e. The number of carbonyl (C=O) groups is 2. The Hall–Kier alpha value is -3.81. The topological polar surface area (TPSA) is 71.5 Å². The molecule has 1 atom stereocenters. The van der Waals surface area contributed by atoms with Crippen LogP contribution < -0.4 is 15.0 Å². The molecule has 1 saturated carbocycles. The van der Waals surface area contributed by atoms with Gasteiger partial charge in [0.15, 0.2) is 6.61 Å². The third kappa shape index (κ3) is 7.59. The van der Waals surface area contributed by atoms with E-state index in [0.717, 1.165) is 44.4 Å². The van der Waals surface area contributed by atoms with Crippen LogP contribution in [0.1, 0.15) is 46.0 Å². The summed E-state index contributed by atoms with van der Waals surface area (Å²) in [5.74, 6) is -2.03. The molecular formula is C29H33F2N3O3. The van der Waals surface area contributed by atoms with Gasteiger partial charge in [0, 0.05) is 17.8 Å². The van der Waals surface area contributed by atoms with E-state index in [1.807, 2.05) is 6.92 Å². The molecule has 1 aromatic heterocycles. The van der Waals surface area contributed by atoms with Gasteiger partial charge in [0.2, 0.25) is 11.8 Å². The predicted octanol–water partition coefficient (Wildman–Crippen LogP) is 5.67. The number of nitrogens with one attached hydrogen (secondary N) is 1. The molecule has 1 unspecified atom stereocenters. The first-order chi connectivity index (χ1) is 17.8. The van der Waals surface area contributed by atoms with Gasteiger partial charge in [0.05, 0.1) is 6.20 Å². The number of amides is 2. The standard InChI is InChI=1S/C29H33F2N3O3/c1-4-10-25(20(3)5-2)28(29(36)33-23-12-7-6-8-13-23)34(24-14-9-11-21(30)17-24)27(35)19-37-26-16-15-22(31)18-32-26/h4-5,9-11,14-18,23,28H,2,6-8,12-13,19H2,1,3H3,(H,33,36)/b10-4-,25-20+. The molecule has 2 aromatic rings. The summed E-state index contributed by atoms with van der Waals surface area (Å²) < 4.78 is 33.1. The van der Waals surface area contributed by atoms with Crippen LogP contribution in [0.2, 0.25) is 0 Å². The zero-order valence-electron chi connectivity index (χ0n) is 21.3. The van der Waals surface area contributed by atoms with Crippen LogP contribution in [0.4, 0.5) is 14.5 Å². The molecule has 0 spiro atoms. The highest BCUT2D eigenvalue weighted by atomic mass is 19.1. The average Bonchev–Trinajstić information content (AvgIpc) is 2.90. The SMILES string of the molecule is C=C/C(C)=C(\C=C/C)C(C(=O)NC1CCCCC1)N(C(=O)COc1ccc(F)cn1)c1cccc(F)c1. The molecule has 0 bridgehead atoms. The molecule has 2 amide bonds. The number of rotatable bonds is 10. The van der Waals surface area contributed by atoms with Crippen LogP contribution in [0, 0.1) is 11.6 Å². The second-order valence-corrected chi connectivity index (χ2v) is 8.94. The van der Waals surface area contributed by atoms with E-state index in [1.54, 1.807) is 31.2 Å². The third-order valence-electron chi connectivity index (χ3n) is 6.26. The van der Waals surface area contributed by atoms with Crippen molar-refractivity contribution in [3.63, 3.8) is 0 Å². The van der Waals surface area contributed by atoms with Crippen LogP contribution in [0.3, 0.4) is 0 Å². The number of anilines is 1. The van der Waals surface area contributed by atoms with Gasteiger partial charge >= 0.3 is 0 Å². The Morgan fingerprint density at radius 2 is 1.95 bits per heavy atom. The van der Waals surface area contributed by atoms with E-state index in [1.165, 1.54) is 29.2 Å². The van der Waals surface area contributed by atoms with E-state index in [2.05, 4.69) is 16.9 Å². The fraction of sp³-hybridized carbons (Fsp3) is 0.345. The summed E-state index contributed by atoms with van der Waals surface area (Å²) in [5, 5.41) is 3.11. The molecule has 0 saturated heterocycles. The smallest absolute Gasteiger partial charge is 0.265 e. The summed E-state index contributed by atoms with van der Waals surface area (Å²) in [6.45, 7) is 6.96. The van der Waals surface area contributed by atoms with E-state index in [4.69, 9.17) is 4.74 Å². The number of hydrogen-bond donors (Lipinski definition) is 1. The molecule has 37 heavy (non-hydrogen) atoms. The van der Waals surface area contributed by atoms with Crippen molar-refractivity contribution >= 4 is 17.5 Å². The first kappa shape index (κ1) is 27.8. The van der Waals surface area contributed by atoms with E-state index >= 15 is 0 Å². The van der Waals surface area contributed by atoms with Gasteiger partial charge in [-0.15, -0.1) is 0 Å². The zero-order chi connectivity index (χ0) is 26.8. The Labute approximate surface area is 216 Å². The molecule has 196 valence electrons. The number of nitrogens with zero attached hydrogens (tertiary/aromatic N) is 2. The summed E-state index contributed by atoms with van der Waals surface area (Å²) >= 11 is 0. The van der Waals surface area contributed by atoms with Gasteiger partial charge in [-0.25, -0.2) is 13.8 Å². The van der Waals surface area contributed by atoms with E-state index in [-0.39, 0.29) is 23.5 Å². The van der Waals surface area contributed by atoms with Crippen LogP contribution >= 0.6 is 0 Å². The van der Waals surface area contributed by atoms with Crippen molar-refractivity contribution in [2.24, 2.45) is 0 Å². The zero-order valence-corrected chi connectivity index (χ0v) is 21.3. The molecule has 1 aromatic carbocycles. The van der Waals surface area contributed by atoms with Crippen molar-refractivity contribution in [3.8, 4) is 5.88 Å². The lowest BCUT2D eigenvalue weighted by atomic mass is 9.93. The highest BCUT2D eigenvalue weighted by Crippen LogP contribution is 2.27. The van der Waals surface area contributed by atoms with Crippen LogP contribution in [0.15, 0.2) is 78.5 Å². The number of allylic oxidation sites excluding steroid dienone is 3. The second kappa shape index (κ2) is 13.5. The van der Waals surface area contributed by atoms with Gasteiger partial charge in [-0.3, -0.25) is 14.5 Å². The van der Waals surface area contributed by atoms with Crippen molar-refractivity contribution in [1.29, 1.82) is 0 Å². The van der Waals surface area contributed by atoms with E-state index in [9.17, 15) is 18.4 Å². The number of halogens is 2. The number of aromatic nitrogens is 1. The fourth-order valence-corrected chi connectivity index (χ4v) is 4.38. The molecular weight excluding hydrogens is 476 g/mol. The van der Waals surface area contributed by atoms with Crippen molar-refractivity contribution in [3.05, 3.63) is 90.2 Å². The predicted molar refractivity (Wildman–Crippen MR) is 140 cm³/mol. The average molecular weight is 510 g/mol. The summed E-state index contributed by atoms with van der Waals surface area (Å²) in [6.07, 6.45) is 11.0. The van der Waals surface area contributed by atoms with Gasteiger partial charge in [0.25, 0.3) is 5.91 Å². The summed E-state index contributed by atoms with van der Waals surface area (Å²) in [7, 11) is 0. The first-order valence-electron chi connectivity index (χ1n) is 12.4. The lowest BCUT2D eigenvalue weighted by Crippen LogP contribution is -2.54. The van der Waals surface area contributed by atoms with E-state index < -0.39 is 30.2 Å². The van der Waals surface area contributed by atoms with Crippen LogP contribution in [-0.2, 0) is 9.59 Å². The molecule has 1 heterocycles. The lowest BCUT2D eigenvalue weighted by Gasteiger charge is -2.34. The van der Waals surface area contributed by atoms with Gasteiger partial charge in [-0.2, -0.15) is 0 Å².